The molecule has 21 heavy (non-hydrogen) atoms. The fraction of sp³-hybridized carbons (Fsp3) is 0.368. The molecule has 1 aliphatic carbocycles. The molecule has 2 nitrogen and oxygen atoms in total. The van der Waals surface area contributed by atoms with Crippen molar-refractivity contribution in [3.63, 3.8) is 0 Å². The molecule has 0 amide bonds. The average Bonchev–Trinajstić information content (AvgIpc) is 2.51. The molecule has 0 bridgehead atoms. The van der Waals surface area contributed by atoms with Gasteiger partial charge < -0.3 is 10.1 Å². The Morgan fingerprint density at radius 2 is 1.95 bits per heavy atom. The first-order valence-corrected chi connectivity index (χ1v) is 7.66. The zero-order valence-electron chi connectivity index (χ0n) is 13.1. The van der Waals surface area contributed by atoms with E-state index < -0.39 is 0 Å². The molecule has 1 aliphatic rings. The van der Waals surface area contributed by atoms with Gasteiger partial charge in [0.05, 0.1) is 7.11 Å². The highest BCUT2D eigenvalue weighted by molar-refractivity contribution is 5.55. The average molecular weight is 281 g/mol. The van der Waals surface area contributed by atoms with Gasteiger partial charge in [0, 0.05) is 11.7 Å². The smallest absolute Gasteiger partial charge is 0.119 e. The topological polar surface area (TPSA) is 21.3 Å². The van der Waals surface area contributed by atoms with Crippen molar-refractivity contribution in [2.24, 2.45) is 0 Å². The van der Waals surface area contributed by atoms with Crippen molar-refractivity contribution in [1.29, 1.82) is 0 Å². The van der Waals surface area contributed by atoms with Gasteiger partial charge in [-0.3, -0.25) is 0 Å². The number of benzene rings is 2. The largest absolute Gasteiger partial charge is 0.497 e. The third kappa shape index (κ3) is 2.90. The lowest BCUT2D eigenvalue weighted by Crippen LogP contribution is -2.27. The second-order valence-corrected chi connectivity index (χ2v) is 5.97. The Kier molecular flexibility index (Phi) is 3.87. The second kappa shape index (κ2) is 5.80. The van der Waals surface area contributed by atoms with Crippen molar-refractivity contribution in [1.82, 2.24) is 0 Å². The van der Waals surface area contributed by atoms with E-state index in [-0.39, 0.29) is 0 Å². The summed E-state index contributed by atoms with van der Waals surface area (Å²) in [6.45, 7) is 4.36. The number of nitrogens with one attached hydrogen (secondary N) is 1. The van der Waals surface area contributed by atoms with Crippen LogP contribution in [0.4, 0.5) is 5.69 Å². The molecule has 0 heterocycles. The van der Waals surface area contributed by atoms with Gasteiger partial charge in [0.15, 0.2) is 0 Å². The molecule has 2 aromatic rings. The lowest BCUT2D eigenvalue weighted by molar-refractivity contribution is 0.413. The van der Waals surface area contributed by atoms with Gasteiger partial charge in [-0.2, -0.15) is 0 Å². The summed E-state index contributed by atoms with van der Waals surface area (Å²) in [4.78, 5) is 0. The van der Waals surface area contributed by atoms with Gasteiger partial charge in [-0.1, -0.05) is 18.2 Å². The lowest BCUT2D eigenvalue weighted by Gasteiger charge is -2.27. The Morgan fingerprint density at radius 1 is 1.10 bits per heavy atom. The number of hydrogen-bond donors (Lipinski definition) is 1. The van der Waals surface area contributed by atoms with Gasteiger partial charge in [0.25, 0.3) is 0 Å². The van der Waals surface area contributed by atoms with Gasteiger partial charge in [-0.15, -0.1) is 0 Å². The third-order valence-electron chi connectivity index (χ3n) is 4.61. The minimum atomic E-state index is 0.505. The van der Waals surface area contributed by atoms with E-state index in [9.17, 15) is 0 Å². The lowest BCUT2D eigenvalue weighted by atomic mass is 9.88. The Bertz CT molecular complexity index is 648. The summed E-state index contributed by atoms with van der Waals surface area (Å²) in [5.41, 5.74) is 6.86. The predicted molar refractivity (Wildman–Crippen MR) is 88.3 cm³/mol. The van der Waals surface area contributed by atoms with Crippen LogP contribution < -0.4 is 10.1 Å². The number of aryl methyl sites for hydroxylation is 2. The fourth-order valence-electron chi connectivity index (χ4n) is 3.11. The molecular weight excluding hydrogens is 258 g/mol. The first kappa shape index (κ1) is 14.0. The van der Waals surface area contributed by atoms with E-state index in [2.05, 4.69) is 55.6 Å². The van der Waals surface area contributed by atoms with Gasteiger partial charge in [-0.05, 0) is 73.6 Å². The summed E-state index contributed by atoms with van der Waals surface area (Å²) in [5, 5.41) is 3.73. The van der Waals surface area contributed by atoms with E-state index >= 15 is 0 Å². The van der Waals surface area contributed by atoms with Crippen LogP contribution in [-0.4, -0.2) is 13.2 Å². The molecule has 0 aliphatic heterocycles. The quantitative estimate of drug-likeness (QED) is 0.906. The molecule has 2 heteroatoms. The SMILES string of the molecule is COc1ccc2c(c1)CC(Nc1cccc(C)c1C)CC2. The Hall–Kier alpha value is -1.96. The number of fused-ring (bicyclic) bond motifs is 1. The molecule has 1 atom stereocenters. The van der Waals surface area contributed by atoms with Gasteiger partial charge in [0.2, 0.25) is 0 Å². The first-order chi connectivity index (χ1) is 10.2. The van der Waals surface area contributed by atoms with Gasteiger partial charge >= 0.3 is 0 Å². The van der Waals surface area contributed by atoms with Crippen LogP contribution in [0, 0.1) is 13.8 Å². The Balaban J connectivity index is 1.78. The summed E-state index contributed by atoms with van der Waals surface area (Å²) in [6, 6.07) is 13.5. The van der Waals surface area contributed by atoms with Crippen LogP contribution >= 0.6 is 0 Å². The van der Waals surface area contributed by atoms with Crippen LogP contribution in [0.5, 0.6) is 5.75 Å². The number of methoxy groups -OCH3 is 1. The van der Waals surface area contributed by atoms with Crippen LogP contribution in [-0.2, 0) is 12.8 Å². The van der Waals surface area contributed by atoms with Crippen LogP contribution in [0.1, 0.15) is 28.7 Å². The minimum Gasteiger partial charge on any atom is -0.497 e. The number of anilines is 1. The normalized spacial score (nSPS) is 17.2. The second-order valence-electron chi connectivity index (χ2n) is 5.97. The Labute approximate surface area is 127 Å². The van der Waals surface area contributed by atoms with Crippen LogP contribution in [0.2, 0.25) is 0 Å². The van der Waals surface area contributed by atoms with E-state index in [1.807, 2.05) is 0 Å². The van der Waals surface area contributed by atoms with Gasteiger partial charge in [-0.25, -0.2) is 0 Å². The molecule has 0 saturated carbocycles. The maximum Gasteiger partial charge on any atom is 0.119 e. The van der Waals surface area contributed by atoms with E-state index in [0.29, 0.717) is 6.04 Å². The highest BCUT2D eigenvalue weighted by atomic mass is 16.5. The molecule has 0 saturated heterocycles. The summed E-state index contributed by atoms with van der Waals surface area (Å²) < 4.78 is 5.35. The van der Waals surface area contributed by atoms with Crippen LogP contribution in [0.25, 0.3) is 0 Å². The van der Waals surface area contributed by atoms with E-state index in [1.54, 1.807) is 7.11 Å². The fourth-order valence-corrected chi connectivity index (χ4v) is 3.11. The third-order valence-corrected chi connectivity index (χ3v) is 4.61. The molecular formula is C19H23NO. The molecule has 3 rings (SSSR count). The van der Waals surface area contributed by atoms with E-state index in [1.165, 1.54) is 34.4 Å². The predicted octanol–water partition coefficient (Wildman–Crippen LogP) is 4.28. The molecule has 0 spiro atoms. The molecule has 1 unspecified atom stereocenters. The molecule has 0 fully saturated rings. The molecule has 0 aromatic heterocycles. The van der Waals surface area contributed by atoms with Crippen LogP contribution in [0.15, 0.2) is 36.4 Å². The number of rotatable bonds is 3. The van der Waals surface area contributed by atoms with Crippen molar-refractivity contribution < 1.29 is 4.74 Å². The molecule has 2 aromatic carbocycles. The number of ether oxygens (including phenoxy) is 1. The van der Waals surface area contributed by atoms with E-state index in [4.69, 9.17) is 4.74 Å². The Morgan fingerprint density at radius 3 is 2.76 bits per heavy atom. The zero-order valence-corrected chi connectivity index (χ0v) is 13.1. The molecule has 1 N–H and O–H groups in total. The van der Waals surface area contributed by atoms with Gasteiger partial charge in [0.1, 0.15) is 5.75 Å². The van der Waals surface area contributed by atoms with Crippen molar-refractivity contribution in [2.45, 2.75) is 39.2 Å². The highest BCUT2D eigenvalue weighted by Crippen LogP contribution is 2.28. The maximum absolute atomic E-state index is 5.35. The summed E-state index contributed by atoms with van der Waals surface area (Å²) in [7, 11) is 1.73. The van der Waals surface area contributed by atoms with Crippen molar-refractivity contribution in [3.05, 3.63) is 58.7 Å². The van der Waals surface area contributed by atoms with E-state index in [0.717, 1.165) is 18.6 Å². The summed E-state index contributed by atoms with van der Waals surface area (Å²) >= 11 is 0. The summed E-state index contributed by atoms with van der Waals surface area (Å²) in [5.74, 6) is 0.959. The van der Waals surface area contributed by atoms with Crippen molar-refractivity contribution in [2.75, 3.05) is 12.4 Å². The number of hydrogen-bond acceptors (Lipinski definition) is 2. The monoisotopic (exact) mass is 281 g/mol. The first-order valence-electron chi connectivity index (χ1n) is 7.66. The zero-order chi connectivity index (χ0) is 14.8. The van der Waals surface area contributed by atoms with Crippen molar-refractivity contribution in [3.8, 4) is 5.75 Å². The minimum absolute atomic E-state index is 0.505. The highest BCUT2D eigenvalue weighted by Gasteiger charge is 2.19. The van der Waals surface area contributed by atoms with Crippen LogP contribution in [0.3, 0.4) is 0 Å². The maximum atomic E-state index is 5.35. The molecule has 0 radical (unpaired) electrons. The summed E-state index contributed by atoms with van der Waals surface area (Å²) in [6.07, 6.45) is 3.40. The standard InChI is InChI=1S/C19H23NO/c1-13-5-4-6-19(14(13)2)20-17-9-7-15-8-10-18(21-3)12-16(15)11-17/h4-6,8,10,12,17,20H,7,9,11H2,1-3H3. The van der Waals surface area contributed by atoms with Crippen molar-refractivity contribution >= 4 is 5.69 Å². The molecule has 110 valence electrons.